The molecule has 0 aliphatic carbocycles. The summed E-state index contributed by atoms with van der Waals surface area (Å²) >= 11 is 0. The maximum atomic E-state index is 13.2. The molecule has 0 saturated carbocycles. The van der Waals surface area contributed by atoms with Gasteiger partial charge in [0.15, 0.2) is 11.6 Å². The van der Waals surface area contributed by atoms with E-state index in [9.17, 15) is 13.7 Å². The molecule has 0 aliphatic rings. The molecule has 1 unspecified atom stereocenters. The Labute approximate surface area is 87.3 Å². The third-order valence-corrected chi connectivity index (χ3v) is 2.26. The van der Waals surface area contributed by atoms with E-state index in [0.717, 1.165) is 12.5 Å². The van der Waals surface area contributed by atoms with E-state index < -0.39 is 17.7 Å². The lowest BCUT2D eigenvalue weighted by Gasteiger charge is -2.08. The fourth-order valence-corrected chi connectivity index (χ4v) is 1.49. The molecule has 0 amide bonds. The summed E-state index contributed by atoms with van der Waals surface area (Å²) in [6, 6.07) is 3.50. The first-order valence-corrected chi connectivity index (χ1v) is 4.94. The quantitative estimate of drug-likeness (QED) is 0.689. The fraction of sp³-hybridized carbons (Fsp3) is 0.455. The number of hydrogen-bond donors (Lipinski definition) is 0. The van der Waals surface area contributed by atoms with Crippen molar-refractivity contribution in [3.63, 3.8) is 0 Å². The number of benzene rings is 1. The second-order valence-electron chi connectivity index (χ2n) is 3.46. The van der Waals surface area contributed by atoms with E-state index in [1.807, 2.05) is 6.92 Å². The molecule has 1 atom stereocenters. The minimum absolute atomic E-state index is 0.168. The highest BCUT2D eigenvalue weighted by Crippen LogP contribution is 2.16. The van der Waals surface area contributed by atoms with Crippen molar-refractivity contribution in [2.45, 2.75) is 32.2 Å². The van der Waals surface area contributed by atoms with Crippen molar-refractivity contribution in [3.8, 4) is 0 Å². The fourth-order valence-electron chi connectivity index (χ4n) is 1.49. The van der Waals surface area contributed by atoms with E-state index in [2.05, 4.69) is 5.18 Å². The van der Waals surface area contributed by atoms with Crippen molar-refractivity contribution in [3.05, 3.63) is 40.3 Å². The number of nitroso groups, excluding NO2 is 1. The van der Waals surface area contributed by atoms with Crippen molar-refractivity contribution in [2.24, 2.45) is 5.18 Å². The summed E-state index contributed by atoms with van der Waals surface area (Å²) in [5, 5.41) is 2.90. The largest absolute Gasteiger partial charge is 0.204 e. The van der Waals surface area contributed by atoms with Crippen LogP contribution in [-0.4, -0.2) is 6.04 Å². The average molecular weight is 213 g/mol. The first-order valence-electron chi connectivity index (χ1n) is 4.94. The van der Waals surface area contributed by atoms with Crippen LogP contribution >= 0.6 is 0 Å². The van der Waals surface area contributed by atoms with Gasteiger partial charge < -0.3 is 0 Å². The topological polar surface area (TPSA) is 29.4 Å². The summed E-state index contributed by atoms with van der Waals surface area (Å²) in [5.74, 6) is -1.75. The molecule has 2 nitrogen and oxygen atoms in total. The van der Waals surface area contributed by atoms with Crippen LogP contribution in [0, 0.1) is 16.5 Å². The summed E-state index contributed by atoms with van der Waals surface area (Å²) in [6.45, 7) is 1.92. The van der Waals surface area contributed by atoms with Gasteiger partial charge in [-0.15, -0.1) is 0 Å². The molecule has 1 aromatic rings. The molecule has 1 aromatic carbocycles. The van der Waals surface area contributed by atoms with Crippen LogP contribution in [0.3, 0.4) is 0 Å². The second kappa shape index (κ2) is 5.53. The molecule has 1 rings (SSSR count). The standard InChI is InChI=1S/C11H13F2NO/c1-2-4-9(14-15)7-8-5-3-6-10(12)11(8)13/h3,5-6,9H,2,4,7H2,1H3. The summed E-state index contributed by atoms with van der Waals surface area (Å²) in [5.41, 5.74) is 0.216. The first kappa shape index (κ1) is 11.8. The SMILES string of the molecule is CCCC(Cc1cccc(F)c1F)N=O. The van der Waals surface area contributed by atoms with E-state index in [-0.39, 0.29) is 12.0 Å². The third kappa shape index (κ3) is 3.08. The van der Waals surface area contributed by atoms with Crippen LogP contribution < -0.4 is 0 Å². The van der Waals surface area contributed by atoms with E-state index in [4.69, 9.17) is 0 Å². The van der Waals surface area contributed by atoms with Crippen LogP contribution in [0.5, 0.6) is 0 Å². The zero-order valence-electron chi connectivity index (χ0n) is 8.54. The van der Waals surface area contributed by atoms with Crippen LogP contribution in [0.4, 0.5) is 8.78 Å². The van der Waals surface area contributed by atoms with Gasteiger partial charge in [-0.25, -0.2) is 8.78 Å². The average Bonchev–Trinajstić information content (AvgIpc) is 2.24. The predicted molar refractivity (Wildman–Crippen MR) is 54.6 cm³/mol. The van der Waals surface area contributed by atoms with Crippen LogP contribution in [0.2, 0.25) is 0 Å². The number of hydrogen-bond acceptors (Lipinski definition) is 2. The zero-order chi connectivity index (χ0) is 11.3. The van der Waals surface area contributed by atoms with Crippen molar-refractivity contribution in [1.29, 1.82) is 0 Å². The van der Waals surface area contributed by atoms with Crippen molar-refractivity contribution < 1.29 is 8.78 Å². The third-order valence-electron chi connectivity index (χ3n) is 2.26. The van der Waals surface area contributed by atoms with Crippen molar-refractivity contribution in [1.82, 2.24) is 0 Å². The molecule has 0 heterocycles. The number of nitrogens with zero attached hydrogens (tertiary/aromatic N) is 1. The van der Waals surface area contributed by atoms with Gasteiger partial charge in [-0.2, -0.15) is 4.91 Å². The molecular weight excluding hydrogens is 200 g/mol. The molecule has 0 spiro atoms. The Kier molecular flexibility index (Phi) is 4.34. The first-order chi connectivity index (χ1) is 7.19. The van der Waals surface area contributed by atoms with Crippen LogP contribution in [0.25, 0.3) is 0 Å². The molecule has 0 N–H and O–H groups in total. The Morgan fingerprint density at radius 3 is 2.73 bits per heavy atom. The lowest BCUT2D eigenvalue weighted by molar-refractivity contribution is 0.489. The molecule has 4 heteroatoms. The van der Waals surface area contributed by atoms with E-state index in [1.54, 1.807) is 0 Å². The van der Waals surface area contributed by atoms with E-state index in [1.165, 1.54) is 12.1 Å². The highest BCUT2D eigenvalue weighted by atomic mass is 19.2. The minimum atomic E-state index is -0.881. The Morgan fingerprint density at radius 2 is 2.13 bits per heavy atom. The molecule has 0 bridgehead atoms. The van der Waals surface area contributed by atoms with Crippen molar-refractivity contribution in [2.75, 3.05) is 0 Å². The van der Waals surface area contributed by atoms with Gasteiger partial charge in [-0.05, 0) is 18.1 Å². The smallest absolute Gasteiger partial charge is 0.162 e. The maximum Gasteiger partial charge on any atom is 0.162 e. The molecule has 0 aromatic heterocycles. The lowest BCUT2D eigenvalue weighted by Crippen LogP contribution is -2.09. The molecule has 15 heavy (non-hydrogen) atoms. The highest BCUT2D eigenvalue weighted by Gasteiger charge is 2.14. The molecular formula is C11H13F2NO. The van der Waals surface area contributed by atoms with Gasteiger partial charge in [0.2, 0.25) is 0 Å². The van der Waals surface area contributed by atoms with Gasteiger partial charge in [0.25, 0.3) is 0 Å². The molecule has 0 radical (unpaired) electrons. The van der Waals surface area contributed by atoms with Gasteiger partial charge in [0.1, 0.15) is 0 Å². The van der Waals surface area contributed by atoms with Crippen molar-refractivity contribution >= 4 is 0 Å². The normalized spacial score (nSPS) is 12.5. The molecule has 0 aliphatic heterocycles. The summed E-state index contributed by atoms with van der Waals surface area (Å²) in [4.78, 5) is 10.4. The van der Waals surface area contributed by atoms with Crippen LogP contribution in [0.1, 0.15) is 25.3 Å². The predicted octanol–water partition coefficient (Wildman–Crippen LogP) is 3.44. The maximum absolute atomic E-state index is 13.2. The van der Waals surface area contributed by atoms with Gasteiger partial charge in [-0.3, -0.25) is 0 Å². The van der Waals surface area contributed by atoms with E-state index in [0.29, 0.717) is 6.42 Å². The second-order valence-corrected chi connectivity index (χ2v) is 3.46. The summed E-state index contributed by atoms with van der Waals surface area (Å²) in [7, 11) is 0. The van der Waals surface area contributed by atoms with Crippen LogP contribution in [-0.2, 0) is 6.42 Å². The minimum Gasteiger partial charge on any atom is -0.204 e. The van der Waals surface area contributed by atoms with Gasteiger partial charge in [-0.1, -0.05) is 30.7 Å². The van der Waals surface area contributed by atoms with Gasteiger partial charge >= 0.3 is 0 Å². The molecule has 82 valence electrons. The monoisotopic (exact) mass is 213 g/mol. The van der Waals surface area contributed by atoms with Crippen LogP contribution in [0.15, 0.2) is 23.4 Å². The van der Waals surface area contributed by atoms with E-state index >= 15 is 0 Å². The number of halogens is 2. The highest BCUT2D eigenvalue weighted by molar-refractivity contribution is 5.20. The zero-order valence-corrected chi connectivity index (χ0v) is 8.54. The van der Waals surface area contributed by atoms with Gasteiger partial charge in [0.05, 0.1) is 6.04 Å². The summed E-state index contributed by atoms with van der Waals surface area (Å²) < 4.78 is 26.1. The number of rotatable bonds is 5. The Balaban J connectivity index is 2.78. The Morgan fingerprint density at radius 1 is 1.40 bits per heavy atom. The van der Waals surface area contributed by atoms with Gasteiger partial charge in [0, 0.05) is 6.42 Å². The summed E-state index contributed by atoms with van der Waals surface area (Å²) in [6.07, 6.45) is 1.56. The molecule has 0 saturated heterocycles. The molecule has 0 fully saturated rings. The lowest BCUT2D eigenvalue weighted by atomic mass is 10.0. The Bertz CT molecular complexity index is 341. The Hall–Kier alpha value is -1.32.